The summed E-state index contributed by atoms with van der Waals surface area (Å²) in [6, 6.07) is 20.7. The Morgan fingerprint density at radius 1 is 0.788 bits per heavy atom. The van der Waals surface area contributed by atoms with Gasteiger partial charge in [0.2, 0.25) is 11.6 Å². The number of carbonyl (C=O) groups excluding carboxylic acids is 2. The van der Waals surface area contributed by atoms with Crippen LogP contribution in [0.4, 0.5) is 57.0 Å². The molecule has 0 spiro atoms. The molecule has 0 radical (unpaired) electrons. The second kappa shape index (κ2) is 22.7. The van der Waals surface area contributed by atoms with Crippen LogP contribution in [-0.2, 0) is 33.7 Å². The van der Waals surface area contributed by atoms with Crippen molar-refractivity contribution in [1.82, 2.24) is 9.55 Å². The van der Waals surface area contributed by atoms with Gasteiger partial charge in [-0.3, -0.25) is 30.3 Å². The molecule has 352 valence electrons. The number of allylic oxidation sites excluding steroid dienone is 1. The van der Waals surface area contributed by atoms with Crippen LogP contribution in [0.15, 0.2) is 106 Å². The molecule has 0 atom stereocenters. The minimum absolute atomic E-state index is 0.0203. The lowest BCUT2D eigenvalue weighted by Crippen LogP contribution is -2.39. The normalized spacial score (nSPS) is 11.3. The number of amides is 1. The molecule has 1 heterocycles. The number of hydrogen-bond donors (Lipinski definition) is 3. The molecule has 5 rings (SSSR count). The number of methoxy groups -OCH3 is 2. The molecular weight excluding hydrogens is 955 g/mol. The number of alkyl halides is 6. The third kappa shape index (κ3) is 14.1. The largest absolute Gasteiger partial charge is 0.489 e. The van der Waals surface area contributed by atoms with Crippen molar-refractivity contribution in [1.29, 1.82) is 0 Å². The Bertz CT molecular complexity index is 2770. The maximum Gasteiger partial charge on any atom is 0.434 e. The van der Waals surface area contributed by atoms with E-state index in [0.29, 0.717) is 15.6 Å². The number of anilines is 1. The molecule has 4 N–H and O–H groups in total. The van der Waals surface area contributed by atoms with Crippen LogP contribution in [0.1, 0.15) is 16.8 Å². The predicted octanol–water partition coefficient (Wildman–Crippen LogP) is 8.69. The van der Waals surface area contributed by atoms with Gasteiger partial charge in [-0.15, -0.1) is 0 Å². The molecule has 0 fully saturated rings. The first-order chi connectivity index (χ1) is 30.8. The number of halogens is 10. The molecule has 28 heteroatoms. The number of nitrogens with one attached hydrogen (secondary N) is 2. The van der Waals surface area contributed by atoms with Crippen molar-refractivity contribution < 1.29 is 73.5 Å². The molecule has 0 saturated carbocycles. The third-order valence-corrected chi connectivity index (χ3v) is 8.65. The molecule has 5 aromatic rings. The summed E-state index contributed by atoms with van der Waals surface area (Å²) in [5.41, 5.74) is -4.29. The van der Waals surface area contributed by atoms with Crippen molar-refractivity contribution in [3.63, 3.8) is 0 Å². The molecule has 66 heavy (non-hydrogen) atoms. The Kier molecular flexibility index (Phi) is 18.1. The third-order valence-electron chi connectivity index (χ3n) is 7.91. The molecule has 1 amide bonds. The van der Waals surface area contributed by atoms with Crippen molar-refractivity contribution in [3.05, 3.63) is 170 Å². The SMILES string of the molecule is COC(=O)/C(F)=C(\N)C(F)(F)F.COC(=O)Nc1ccc(OCc2ccccc2Cl)cc1[N+](=O)[O-].O=c1[nH]c(C(F)(F)F)c(F)c(=O)n1-c1ccc(OCc2ccccc2Cl)cc1[N+](=O)[O-]. The summed E-state index contributed by atoms with van der Waals surface area (Å²) in [6.45, 7) is 0.0895. The van der Waals surface area contributed by atoms with E-state index in [4.69, 9.17) is 32.7 Å². The summed E-state index contributed by atoms with van der Waals surface area (Å²) in [6.07, 6.45) is -11.2. The highest BCUT2D eigenvalue weighted by atomic mass is 35.5. The number of nitrogens with zero attached hydrogens (tertiary/aromatic N) is 3. The summed E-state index contributed by atoms with van der Waals surface area (Å²) in [7, 11) is 1.91. The first-order valence-electron chi connectivity index (χ1n) is 17.4. The topological polar surface area (TPSA) is 250 Å². The van der Waals surface area contributed by atoms with E-state index in [1.165, 1.54) is 30.3 Å². The van der Waals surface area contributed by atoms with E-state index in [0.717, 1.165) is 30.9 Å². The minimum Gasteiger partial charge on any atom is -0.489 e. The smallest absolute Gasteiger partial charge is 0.434 e. The molecular formula is C38H28Cl2F8N6O12. The van der Waals surface area contributed by atoms with Crippen molar-refractivity contribution in [2.24, 2.45) is 5.73 Å². The Labute approximate surface area is 373 Å². The maximum atomic E-state index is 14.0. The maximum absolute atomic E-state index is 14.0. The van der Waals surface area contributed by atoms with Crippen molar-refractivity contribution in [2.45, 2.75) is 25.6 Å². The van der Waals surface area contributed by atoms with Crippen LogP contribution in [0.25, 0.3) is 5.69 Å². The monoisotopic (exact) mass is 982 g/mol. The van der Waals surface area contributed by atoms with Gasteiger partial charge in [0.05, 0.1) is 36.2 Å². The van der Waals surface area contributed by atoms with Gasteiger partial charge in [0.1, 0.15) is 36.1 Å². The molecule has 0 bridgehead atoms. The van der Waals surface area contributed by atoms with Crippen LogP contribution in [0.3, 0.4) is 0 Å². The number of H-pyrrole nitrogens is 1. The minimum atomic E-state index is -5.34. The van der Waals surface area contributed by atoms with Gasteiger partial charge < -0.3 is 29.7 Å². The highest BCUT2D eigenvalue weighted by Gasteiger charge is 2.39. The zero-order chi connectivity index (χ0) is 49.7. The number of ether oxygens (including phenoxy) is 4. The van der Waals surface area contributed by atoms with Gasteiger partial charge in [-0.1, -0.05) is 59.6 Å². The van der Waals surface area contributed by atoms with Crippen molar-refractivity contribution >= 4 is 52.3 Å². The van der Waals surface area contributed by atoms with Gasteiger partial charge in [0.25, 0.3) is 16.9 Å². The quantitative estimate of drug-likeness (QED) is 0.0369. The second-order valence-corrected chi connectivity index (χ2v) is 13.0. The number of hydrogen-bond acceptors (Lipinski definition) is 13. The van der Waals surface area contributed by atoms with E-state index < -0.39 is 79.9 Å². The van der Waals surface area contributed by atoms with Crippen LogP contribution >= 0.6 is 23.2 Å². The van der Waals surface area contributed by atoms with Gasteiger partial charge in [-0.05, 0) is 36.4 Å². The number of carbonyl (C=O) groups is 2. The fourth-order valence-electron chi connectivity index (χ4n) is 4.75. The summed E-state index contributed by atoms with van der Waals surface area (Å²) in [4.78, 5) is 67.6. The van der Waals surface area contributed by atoms with E-state index in [-0.39, 0.29) is 40.7 Å². The zero-order valence-electron chi connectivity index (χ0n) is 33.1. The Balaban J connectivity index is 0.000000290. The van der Waals surface area contributed by atoms with Gasteiger partial charge in [-0.25, -0.2) is 19.0 Å². The molecule has 0 saturated heterocycles. The highest BCUT2D eigenvalue weighted by molar-refractivity contribution is 6.31. The summed E-state index contributed by atoms with van der Waals surface area (Å²) in [5, 5.41) is 25.7. The lowest BCUT2D eigenvalue weighted by Gasteiger charge is -2.12. The van der Waals surface area contributed by atoms with E-state index in [1.54, 1.807) is 42.5 Å². The zero-order valence-corrected chi connectivity index (χ0v) is 34.6. The van der Waals surface area contributed by atoms with Crippen molar-refractivity contribution in [3.8, 4) is 17.2 Å². The lowest BCUT2D eigenvalue weighted by molar-refractivity contribution is -0.384. The fraction of sp³-hybridized carbons (Fsp3) is 0.158. The average molecular weight is 984 g/mol. The van der Waals surface area contributed by atoms with E-state index in [2.05, 4.69) is 20.5 Å². The summed E-state index contributed by atoms with van der Waals surface area (Å²) >= 11 is 12.0. The molecule has 1 aromatic heterocycles. The lowest BCUT2D eigenvalue weighted by atomic mass is 10.2. The molecule has 0 unspecified atom stereocenters. The number of nitrogens with two attached hydrogens (primary N) is 1. The van der Waals surface area contributed by atoms with Crippen LogP contribution in [-0.4, -0.2) is 51.9 Å². The molecule has 4 aromatic carbocycles. The fourth-order valence-corrected chi connectivity index (χ4v) is 5.13. The van der Waals surface area contributed by atoms with E-state index in [1.807, 2.05) is 6.07 Å². The Hall–Kier alpha value is -7.74. The van der Waals surface area contributed by atoms with Crippen LogP contribution in [0.5, 0.6) is 11.5 Å². The number of rotatable bonds is 11. The summed E-state index contributed by atoms with van der Waals surface area (Å²) in [5.74, 6) is -5.96. The number of esters is 1. The first-order valence-corrected chi connectivity index (χ1v) is 18.1. The van der Waals surface area contributed by atoms with E-state index >= 15 is 0 Å². The first kappa shape index (κ1) is 52.6. The molecule has 18 nitrogen and oxygen atoms in total. The molecule has 0 aliphatic rings. The second-order valence-electron chi connectivity index (χ2n) is 12.2. The van der Waals surface area contributed by atoms with Gasteiger partial charge in [0.15, 0.2) is 11.4 Å². The van der Waals surface area contributed by atoms with Gasteiger partial charge in [0, 0.05) is 21.2 Å². The summed E-state index contributed by atoms with van der Waals surface area (Å²) < 4.78 is 118. The standard InChI is InChI=1S/C18H10ClF4N3O5.C15H13ClN2O5.C5H5F4NO2/c19-11-4-2-1-3-9(11)8-31-10-5-6-12(13(7-10)26(29)30)25-16(27)14(20)15(18(21,22)23)24-17(25)28;1-22-15(19)17-13-7-6-11(8-14(13)18(20)21)23-9-10-4-2-3-5-12(10)16;1-12-4(11)2(6)3(10)5(7,8)9/h1-7H,8H2,(H,24,28);2-8H,9H2,1H3,(H,17,19);10H2,1H3/b;;3-2+. The number of nitro benzene ring substituents is 2. The van der Waals surface area contributed by atoms with Crippen LogP contribution < -0.4 is 31.8 Å². The number of aromatic amines is 1. The average Bonchev–Trinajstić information content (AvgIpc) is 3.26. The predicted molar refractivity (Wildman–Crippen MR) is 215 cm³/mol. The Morgan fingerprint density at radius 2 is 1.27 bits per heavy atom. The van der Waals surface area contributed by atoms with Crippen LogP contribution in [0, 0.1) is 26.0 Å². The van der Waals surface area contributed by atoms with Crippen LogP contribution in [0.2, 0.25) is 10.0 Å². The number of nitro groups is 2. The molecule has 0 aliphatic heterocycles. The van der Waals surface area contributed by atoms with E-state index in [9.17, 15) is 74.5 Å². The molecule has 0 aliphatic carbocycles. The van der Waals surface area contributed by atoms with Gasteiger partial charge in [-0.2, -0.15) is 35.1 Å². The van der Waals surface area contributed by atoms with Gasteiger partial charge >= 0.3 is 30.1 Å². The number of aromatic nitrogens is 2. The highest BCUT2D eigenvalue weighted by Crippen LogP contribution is 2.32. The number of benzene rings is 4. The Morgan fingerprint density at radius 3 is 1.71 bits per heavy atom. The van der Waals surface area contributed by atoms with Crippen molar-refractivity contribution in [2.75, 3.05) is 19.5 Å².